The second-order valence-electron chi connectivity index (χ2n) is 4.17. The first-order chi connectivity index (χ1) is 7.86. The number of Topliss-reactive ketones (excluding diaryl/α,β-unsaturated/α-hetero) is 1. The average Bonchev–Trinajstić information content (AvgIpc) is 2.84. The summed E-state index contributed by atoms with van der Waals surface area (Å²) >= 11 is 0. The number of carbonyl (C=O) groups excluding carboxylic acids is 1. The van der Waals surface area contributed by atoms with Crippen LogP contribution < -0.4 is 5.32 Å². The van der Waals surface area contributed by atoms with E-state index in [2.05, 4.69) is 10.3 Å². The molecular formula is C12H18N2O2. The third-order valence-corrected chi connectivity index (χ3v) is 2.86. The van der Waals surface area contributed by atoms with Gasteiger partial charge in [-0.25, -0.2) is 0 Å². The Bertz CT molecular complexity index is 316. The summed E-state index contributed by atoms with van der Waals surface area (Å²) in [6.45, 7) is 1.86. The Hall–Kier alpha value is -1.13. The summed E-state index contributed by atoms with van der Waals surface area (Å²) < 4.78 is 5.43. The monoisotopic (exact) mass is 222 g/mol. The fourth-order valence-corrected chi connectivity index (χ4v) is 1.94. The fourth-order valence-electron chi connectivity index (χ4n) is 1.94. The third kappa shape index (κ3) is 3.18. The highest BCUT2D eigenvalue weighted by atomic mass is 16.5. The Morgan fingerprint density at radius 1 is 1.50 bits per heavy atom. The molecule has 1 aliphatic rings. The lowest BCUT2D eigenvalue weighted by Gasteiger charge is -2.22. The summed E-state index contributed by atoms with van der Waals surface area (Å²) in [5.74, 6) is 0.0146. The van der Waals surface area contributed by atoms with Crippen molar-refractivity contribution in [2.75, 3.05) is 19.8 Å². The van der Waals surface area contributed by atoms with Crippen LogP contribution in [0.1, 0.15) is 29.8 Å². The standard InChI is InChI=1S/C12H18N2O2/c15-12(11-5-3-7-14-11)9-16-8-10-4-1-2-6-13-10/h3,5,7,10,13-14H,1-2,4,6,8-9H2. The highest BCUT2D eigenvalue weighted by molar-refractivity contribution is 5.95. The molecule has 0 aliphatic carbocycles. The van der Waals surface area contributed by atoms with Gasteiger partial charge in [-0.1, -0.05) is 6.42 Å². The quantitative estimate of drug-likeness (QED) is 0.739. The van der Waals surface area contributed by atoms with Crippen molar-refractivity contribution in [1.82, 2.24) is 10.3 Å². The first-order valence-electron chi connectivity index (χ1n) is 5.84. The maximum absolute atomic E-state index is 11.6. The number of hydrogen-bond donors (Lipinski definition) is 2. The Balaban J connectivity index is 1.66. The van der Waals surface area contributed by atoms with Gasteiger partial charge in [-0.15, -0.1) is 0 Å². The molecule has 4 heteroatoms. The van der Waals surface area contributed by atoms with Crippen LogP contribution in [-0.4, -0.2) is 36.6 Å². The molecule has 88 valence electrons. The van der Waals surface area contributed by atoms with E-state index in [0.717, 1.165) is 13.0 Å². The van der Waals surface area contributed by atoms with E-state index in [1.807, 2.05) is 6.07 Å². The normalized spacial score (nSPS) is 20.9. The minimum Gasteiger partial charge on any atom is -0.372 e. The highest BCUT2D eigenvalue weighted by Crippen LogP contribution is 2.07. The van der Waals surface area contributed by atoms with Crippen LogP contribution in [0, 0.1) is 0 Å². The Morgan fingerprint density at radius 3 is 3.12 bits per heavy atom. The van der Waals surface area contributed by atoms with Crippen LogP contribution in [0.4, 0.5) is 0 Å². The molecule has 1 atom stereocenters. The van der Waals surface area contributed by atoms with Crippen molar-refractivity contribution >= 4 is 5.78 Å². The van der Waals surface area contributed by atoms with Gasteiger partial charge in [-0.05, 0) is 31.5 Å². The first kappa shape index (κ1) is 11.4. The van der Waals surface area contributed by atoms with Crippen LogP contribution in [0.15, 0.2) is 18.3 Å². The number of hydrogen-bond acceptors (Lipinski definition) is 3. The van der Waals surface area contributed by atoms with Gasteiger partial charge in [0.1, 0.15) is 6.61 Å². The summed E-state index contributed by atoms with van der Waals surface area (Å²) in [5.41, 5.74) is 0.622. The zero-order valence-corrected chi connectivity index (χ0v) is 9.37. The SMILES string of the molecule is O=C(COCC1CCCCN1)c1ccc[nH]1. The largest absolute Gasteiger partial charge is 0.372 e. The lowest BCUT2D eigenvalue weighted by atomic mass is 10.1. The van der Waals surface area contributed by atoms with Crippen LogP contribution in [0.3, 0.4) is 0 Å². The number of rotatable bonds is 5. The van der Waals surface area contributed by atoms with Gasteiger partial charge in [0.05, 0.1) is 12.3 Å². The van der Waals surface area contributed by atoms with Crippen LogP contribution >= 0.6 is 0 Å². The highest BCUT2D eigenvalue weighted by Gasteiger charge is 2.13. The van der Waals surface area contributed by atoms with E-state index in [9.17, 15) is 4.79 Å². The number of piperidine rings is 1. The molecule has 2 N–H and O–H groups in total. The minimum atomic E-state index is 0.0146. The molecule has 1 aliphatic heterocycles. The molecule has 2 rings (SSSR count). The average molecular weight is 222 g/mol. The van der Waals surface area contributed by atoms with Crippen molar-refractivity contribution in [3.05, 3.63) is 24.0 Å². The van der Waals surface area contributed by atoms with E-state index in [0.29, 0.717) is 18.3 Å². The van der Waals surface area contributed by atoms with Gasteiger partial charge in [-0.3, -0.25) is 4.79 Å². The molecule has 1 aromatic heterocycles. The number of aromatic nitrogens is 1. The van der Waals surface area contributed by atoms with E-state index >= 15 is 0 Å². The van der Waals surface area contributed by atoms with Gasteiger partial charge >= 0.3 is 0 Å². The molecule has 0 bridgehead atoms. The van der Waals surface area contributed by atoms with E-state index in [1.165, 1.54) is 12.8 Å². The molecule has 0 saturated carbocycles. The number of nitrogens with one attached hydrogen (secondary N) is 2. The summed E-state index contributed by atoms with van der Waals surface area (Å²) in [7, 11) is 0. The van der Waals surface area contributed by atoms with Gasteiger partial charge in [-0.2, -0.15) is 0 Å². The Labute approximate surface area is 95.4 Å². The zero-order chi connectivity index (χ0) is 11.2. The third-order valence-electron chi connectivity index (χ3n) is 2.86. The van der Waals surface area contributed by atoms with Crippen LogP contribution in [0.25, 0.3) is 0 Å². The number of aromatic amines is 1. The zero-order valence-electron chi connectivity index (χ0n) is 9.37. The smallest absolute Gasteiger partial charge is 0.204 e. The van der Waals surface area contributed by atoms with Crippen molar-refractivity contribution < 1.29 is 9.53 Å². The van der Waals surface area contributed by atoms with Gasteiger partial charge in [0.25, 0.3) is 0 Å². The summed E-state index contributed by atoms with van der Waals surface area (Å²) in [5, 5.41) is 3.38. The van der Waals surface area contributed by atoms with Crippen LogP contribution in [0.2, 0.25) is 0 Å². The molecule has 1 unspecified atom stereocenters. The van der Waals surface area contributed by atoms with E-state index in [1.54, 1.807) is 12.3 Å². The van der Waals surface area contributed by atoms with Gasteiger partial charge in [0.15, 0.2) is 0 Å². The number of ketones is 1. The van der Waals surface area contributed by atoms with Crippen molar-refractivity contribution in [3.63, 3.8) is 0 Å². The lowest BCUT2D eigenvalue weighted by molar-refractivity contribution is 0.0687. The lowest BCUT2D eigenvalue weighted by Crippen LogP contribution is -2.38. The molecule has 1 aromatic rings. The summed E-state index contributed by atoms with van der Waals surface area (Å²) in [4.78, 5) is 14.5. The molecule has 0 amide bonds. The predicted octanol–water partition coefficient (Wildman–Crippen LogP) is 1.36. The van der Waals surface area contributed by atoms with Gasteiger partial charge < -0.3 is 15.0 Å². The van der Waals surface area contributed by atoms with Crippen molar-refractivity contribution in [2.24, 2.45) is 0 Å². The minimum absolute atomic E-state index is 0.0146. The van der Waals surface area contributed by atoms with Crippen LogP contribution in [-0.2, 0) is 4.74 Å². The summed E-state index contributed by atoms with van der Waals surface area (Å²) in [6, 6.07) is 4.01. The number of ether oxygens (including phenoxy) is 1. The molecule has 1 fully saturated rings. The maximum atomic E-state index is 11.6. The molecule has 16 heavy (non-hydrogen) atoms. The maximum Gasteiger partial charge on any atom is 0.204 e. The van der Waals surface area contributed by atoms with E-state index < -0.39 is 0 Å². The molecule has 1 saturated heterocycles. The number of H-pyrrole nitrogens is 1. The molecule has 0 aromatic carbocycles. The first-order valence-corrected chi connectivity index (χ1v) is 5.84. The molecule has 2 heterocycles. The van der Waals surface area contributed by atoms with Crippen LogP contribution in [0.5, 0.6) is 0 Å². The topological polar surface area (TPSA) is 54.1 Å². The van der Waals surface area contributed by atoms with Gasteiger partial charge in [0.2, 0.25) is 5.78 Å². The molecule has 0 spiro atoms. The van der Waals surface area contributed by atoms with Crippen molar-refractivity contribution in [2.45, 2.75) is 25.3 Å². The second kappa shape index (κ2) is 5.82. The second-order valence-corrected chi connectivity index (χ2v) is 4.17. The molecular weight excluding hydrogens is 204 g/mol. The Kier molecular flexibility index (Phi) is 4.13. The number of carbonyl (C=O) groups is 1. The Morgan fingerprint density at radius 2 is 2.44 bits per heavy atom. The molecule has 4 nitrogen and oxygen atoms in total. The predicted molar refractivity (Wildman–Crippen MR) is 61.6 cm³/mol. The van der Waals surface area contributed by atoms with Crippen molar-refractivity contribution in [3.8, 4) is 0 Å². The van der Waals surface area contributed by atoms with Gasteiger partial charge in [0, 0.05) is 12.2 Å². The van der Waals surface area contributed by atoms with Crippen molar-refractivity contribution in [1.29, 1.82) is 0 Å². The molecule has 0 radical (unpaired) electrons. The summed E-state index contributed by atoms with van der Waals surface area (Å²) in [6.07, 6.45) is 5.40. The fraction of sp³-hybridized carbons (Fsp3) is 0.583. The van der Waals surface area contributed by atoms with E-state index in [-0.39, 0.29) is 12.4 Å². The van der Waals surface area contributed by atoms with E-state index in [4.69, 9.17) is 4.74 Å².